The summed E-state index contributed by atoms with van der Waals surface area (Å²) in [6, 6.07) is 12.2. The number of benzene rings is 2. The van der Waals surface area contributed by atoms with Crippen LogP contribution in [-0.2, 0) is 0 Å². The number of hydrogen-bond donors (Lipinski definition) is 2. The molecule has 0 aliphatic rings. The van der Waals surface area contributed by atoms with Gasteiger partial charge in [-0.3, -0.25) is 4.79 Å². The summed E-state index contributed by atoms with van der Waals surface area (Å²) in [5.74, 6) is 1.16. The molecule has 0 aliphatic carbocycles. The number of unbranched alkanes of at least 4 members (excludes halogenated alkanes) is 2. The van der Waals surface area contributed by atoms with Gasteiger partial charge in [0.25, 0.3) is 5.91 Å². The van der Waals surface area contributed by atoms with Crippen molar-refractivity contribution in [3.63, 3.8) is 0 Å². The van der Waals surface area contributed by atoms with Crippen LogP contribution in [0.5, 0.6) is 11.5 Å². The molecular formula is C19H24N2O3. The van der Waals surface area contributed by atoms with Crippen LogP contribution in [0, 0.1) is 0 Å². The predicted octanol–water partition coefficient (Wildman–Crippen LogP) is 4.10. The van der Waals surface area contributed by atoms with Gasteiger partial charge in [0.05, 0.1) is 19.4 Å². The molecule has 0 aliphatic heterocycles. The van der Waals surface area contributed by atoms with Crippen molar-refractivity contribution in [2.75, 3.05) is 24.8 Å². The van der Waals surface area contributed by atoms with E-state index < -0.39 is 0 Å². The Balaban J connectivity index is 1.93. The fourth-order valence-electron chi connectivity index (χ4n) is 2.26. The van der Waals surface area contributed by atoms with Gasteiger partial charge in [0.2, 0.25) is 0 Å². The Hall–Kier alpha value is -2.69. The molecule has 0 aromatic heterocycles. The van der Waals surface area contributed by atoms with Crippen molar-refractivity contribution in [1.82, 2.24) is 0 Å². The molecule has 2 aromatic carbocycles. The van der Waals surface area contributed by atoms with Gasteiger partial charge in [0.1, 0.15) is 11.5 Å². The van der Waals surface area contributed by atoms with E-state index in [-0.39, 0.29) is 5.91 Å². The van der Waals surface area contributed by atoms with Crippen LogP contribution < -0.4 is 20.5 Å². The van der Waals surface area contributed by atoms with Crippen molar-refractivity contribution >= 4 is 17.3 Å². The predicted molar refractivity (Wildman–Crippen MR) is 96.8 cm³/mol. The number of hydrogen-bond acceptors (Lipinski definition) is 4. The van der Waals surface area contributed by atoms with Crippen molar-refractivity contribution in [3.05, 3.63) is 48.0 Å². The van der Waals surface area contributed by atoms with E-state index in [2.05, 4.69) is 12.2 Å². The van der Waals surface area contributed by atoms with Gasteiger partial charge in [-0.2, -0.15) is 0 Å². The minimum Gasteiger partial charge on any atom is -0.495 e. The molecule has 24 heavy (non-hydrogen) atoms. The zero-order valence-corrected chi connectivity index (χ0v) is 14.2. The molecule has 0 saturated heterocycles. The van der Waals surface area contributed by atoms with Gasteiger partial charge in [0.15, 0.2) is 0 Å². The highest BCUT2D eigenvalue weighted by molar-refractivity contribution is 6.04. The lowest BCUT2D eigenvalue weighted by molar-refractivity contribution is 0.102. The van der Waals surface area contributed by atoms with Crippen molar-refractivity contribution in [2.24, 2.45) is 0 Å². The highest BCUT2D eigenvalue weighted by atomic mass is 16.5. The zero-order chi connectivity index (χ0) is 17.4. The zero-order valence-electron chi connectivity index (χ0n) is 14.2. The van der Waals surface area contributed by atoms with Crippen molar-refractivity contribution < 1.29 is 14.3 Å². The van der Waals surface area contributed by atoms with E-state index in [0.29, 0.717) is 29.3 Å². The van der Waals surface area contributed by atoms with Gasteiger partial charge >= 0.3 is 0 Å². The van der Waals surface area contributed by atoms with Gasteiger partial charge in [-0.25, -0.2) is 0 Å². The van der Waals surface area contributed by atoms with E-state index in [9.17, 15) is 4.79 Å². The molecule has 5 heteroatoms. The SMILES string of the molecule is CCCCCOc1ccc(C(=O)Nc2ccc(OC)c(N)c2)cc1. The third kappa shape index (κ3) is 4.91. The van der Waals surface area contributed by atoms with Gasteiger partial charge < -0.3 is 20.5 Å². The number of nitrogens with two attached hydrogens (primary N) is 1. The summed E-state index contributed by atoms with van der Waals surface area (Å²) in [5, 5.41) is 2.81. The number of nitrogen functional groups attached to an aromatic ring is 1. The fourth-order valence-corrected chi connectivity index (χ4v) is 2.26. The summed E-state index contributed by atoms with van der Waals surface area (Å²) in [7, 11) is 1.55. The Morgan fingerprint density at radius 1 is 1.12 bits per heavy atom. The highest BCUT2D eigenvalue weighted by Gasteiger charge is 2.08. The molecule has 0 saturated carbocycles. The standard InChI is InChI=1S/C19H24N2O3/c1-3-4-5-12-24-16-9-6-14(7-10-16)19(22)21-15-8-11-18(23-2)17(20)13-15/h6-11,13H,3-5,12,20H2,1-2H3,(H,21,22). The molecule has 1 amide bonds. The number of nitrogens with one attached hydrogen (secondary N) is 1. The number of anilines is 2. The lowest BCUT2D eigenvalue weighted by atomic mass is 10.2. The van der Waals surface area contributed by atoms with Gasteiger partial charge in [-0.05, 0) is 48.9 Å². The van der Waals surface area contributed by atoms with Crippen LogP contribution in [0.3, 0.4) is 0 Å². The smallest absolute Gasteiger partial charge is 0.255 e. The maximum absolute atomic E-state index is 12.3. The molecule has 3 N–H and O–H groups in total. The highest BCUT2D eigenvalue weighted by Crippen LogP contribution is 2.25. The summed E-state index contributed by atoms with van der Waals surface area (Å²) in [4.78, 5) is 12.3. The van der Waals surface area contributed by atoms with Gasteiger partial charge in [-0.15, -0.1) is 0 Å². The summed E-state index contributed by atoms with van der Waals surface area (Å²) < 4.78 is 10.7. The molecule has 0 radical (unpaired) electrons. The maximum atomic E-state index is 12.3. The Morgan fingerprint density at radius 2 is 1.88 bits per heavy atom. The van der Waals surface area contributed by atoms with Crippen LogP contribution in [0.2, 0.25) is 0 Å². The number of carbonyl (C=O) groups excluding carboxylic acids is 1. The normalized spacial score (nSPS) is 10.2. The van der Waals surface area contributed by atoms with Crippen LogP contribution in [-0.4, -0.2) is 19.6 Å². The first kappa shape index (κ1) is 17.7. The Labute approximate surface area is 142 Å². The van der Waals surface area contributed by atoms with Crippen molar-refractivity contribution in [3.8, 4) is 11.5 Å². The molecule has 0 bridgehead atoms. The average molecular weight is 328 g/mol. The van der Waals surface area contributed by atoms with Crippen LogP contribution in [0.1, 0.15) is 36.5 Å². The molecular weight excluding hydrogens is 304 g/mol. The molecule has 5 nitrogen and oxygen atoms in total. The van der Waals surface area contributed by atoms with Crippen molar-refractivity contribution in [1.29, 1.82) is 0 Å². The number of rotatable bonds is 8. The molecule has 0 atom stereocenters. The molecule has 0 unspecified atom stereocenters. The Bertz CT molecular complexity index is 669. The van der Waals surface area contributed by atoms with E-state index in [1.54, 1.807) is 37.4 Å². The molecule has 0 fully saturated rings. The van der Waals surface area contributed by atoms with Crippen LogP contribution in [0.15, 0.2) is 42.5 Å². The minimum atomic E-state index is -0.197. The number of ether oxygens (including phenoxy) is 2. The molecule has 128 valence electrons. The summed E-state index contributed by atoms with van der Waals surface area (Å²) in [6.07, 6.45) is 3.36. The van der Waals surface area contributed by atoms with E-state index >= 15 is 0 Å². The second-order valence-corrected chi connectivity index (χ2v) is 5.49. The topological polar surface area (TPSA) is 73.6 Å². The molecule has 0 heterocycles. The largest absolute Gasteiger partial charge is 0.495 e. The minimum absolute atomic E-state index is 0.197. The Kier molecular flexibility index (Phi) is 6.49. The molecule has 2 aromatic rings. The third-order valence-electron chi connectivity index (χ3n) is 3.62. The summed E-state index contributed by atoms with van der Waals surface area (Å²) in [6.45, 7) is 2.86. The molecule has 0 spiro atoms. The lowest BCUT2D eigenvalue weighted by Gasteiger charge is -2.10. The number of amides is 1. The molecule has 2 rings (SSSR count). The second kappa shape index (κ2) is 8.82. The average Bonchev–Trinajstić information content (AvgIpc) is 2.59. The van der Waals surface area contributed by atoms with E-state index in [1.165, 1.54) is 6.42 Å². The van der Waals surface area contributed by atoms with E-state index in [0.717, 1.165) is 18.6 Å². The maximum Gasteiger partial charge on any atom is 0.255 e. The van der Waals surface area contributed by atoms with Crippen molar-refractivity contribution in [2.45, 2.75) is 26.2 Å². The second-order valence-electron chi connectivity index (χ2n) is 5.49. The van der Waals surface area contributed by atoms with Gasteiger partial charge in [0, 0.05) is 11.3 Å². The third-order valence-corrected chi connectivity index (χ3v) is 3.62. The number of methoxy groups -OCH3 is 1. The quantitative estimate of drug-likeness (QED) is 0.565. The van der Waals surface area contributed by atoms with E-state index in [1.807, 2.05) is 12.1 Å². The monoisotopic (exact) mass is 328 g/mol. The van der Waals surface area contributed by atoms with Crippen LogP contribution in [0.4, 0.5) is 11.4 Å². The first-order valence-electron chi connectivity index (χ1n) is 8.11. The van der Waals surface area contributed by atoms with Gasteiger partial charge in [-0.1, -0.05) is 19.8 Å². The van der Waals surface area contributed by atoms with Crippen LogP contribution >= 0.6 is 0 Å². The Morgan fingerprint density at radius 3 is 2.50 bits per heavy atom. The number of carbonyl (C=O) groups is 1. The summed E-state index contributed by atoms with van der Waals surface area (Å²) in [5.41, 5.74) is 7.50. The van der Waals surface area contributed by atoms with E-state index in [4.69, 9.17) is 15.2 Å². The first-order chi connectivity index (χ1) is 11.6. The lowest BCUT2D eigenvalue weighted by Crippen LogP contribution is -2.12. The first-order valence-corrected chi connectivity index (χ1v) is 8.11. The van der Waals surface area contributed by atoms with Crippen LogP contribution in [0.25, 0.3) is 0 Å². The fraction of sp³-hybridized carbons (Fsp3) is 0.316. The summed E-state index contributed by atoms with van der Waals surface area (Å²) >= 11 is 0.